The van der Waals surface area contributed by atoms with Crippen molar-refractivity contribution in [2.45, 2.75) is 13.8 Å². The molecule has 0 saturated heterocycles. The van der Waals surface area contributed by atoms with Crippen molar-refractivity contribution in [2.75, 3.05) is 0 Å². The van der Waals surface area contributed by atoms with Gasteiger partial charge in [-0.3, -0.25) is 9.59 Å². The van der Waals surface area contributed by atoms with Crippen LogP contribution in [0.4, 0.5) is 5.69 Å². The molecule has 0 spiro atoms. The molecule has 0 saturated carbocycles. The van der Waals surface area contributed by atoms with Gasteiger partial charge in [0.15, 0.2) is 0 Å². The monoisotopic (exact) mass is 269 g/mol. The van der Waals surface area contributed by atoms with E-state index in [0.29, 0.717) is 5.69 Å². The van der Waals surface area contributed by atoms with E-state index in [2.05, 4.69) is 26.4 Å². The number of hydrogen-bond acceptors (Lipinski definition) is 4. The van der Waals surface area contributed by atoms with Gasteiger partial charge in [-0.2, -0.15) is 0 Å². The lowest BCUT2D eigenvalue weighted by molar-refractivity contribution is -0.135. The number of nitrogens with zero attached hydrogens (tertiary/aromatic N) is 4. The molecule has 1 aromatic carbocycles. The topological polar surface area (TPSA) is 110 Å². The quantitative estimate of drug-likeness (QED) is 0.365. The van der Waals surface area contributed by atoms with Gasteiger partial charge in [-0.1, -0.05) is 16.4 Å². The fraction of sp³-hybridized carbons (Fsp3) is 0.200. The highest BCUT2D eigenvalue weighted by atomic mass is 35.5. The zero-order chi connectivity index (χ0) is 12.8. The number of nitrogens with two attached hydrogens (primary N) is 1. The fourth-order valence-electron chi connectivity index (χ4n) is 1.03. The Morgan fingerprint density at radius 2 is 1.67 bits per heavy atom. The first-order valence-electron chi connectivity index (χ1n) is 4.73. The first-order valence-corrected chi connectivity index (χ1v) is 4.73. The molecule has 0 aliphatic heterocycles. The predicted molar refractivity (Wildman–Crippen MR) is 66.7 cm³/mol. The van der Waals surface area contributed by atoms with Gasteiger partial charge in [-0.05, 0) is 37.1 Å². The lowest BCUT2D eigenvalue weighted by Gasteiger charge is -1.98. The second-order valence-electron chi connectivity index (χ2n) is 3.29. The Morgan fingerprint density at radius 1 is 1.06 bits per heavy atom. The Bertz CT molecular complexity index is 513. The lowest BCUT2D eigenvalue weighted by Crippen LogP contribution is -2.06. The van der Waals surface area contributed by atoms with Crippen LogP contribution < -0.4 is 5.84 Å². The Balaban J connectivity index is 0.00000289. The van der Waals surface area contributed by atoms with Gasteiger partial charge >= 0.3 is 11.8 Å². The van der Waals surface area contributed by atoms with Crippen LogP contribution in [0.15, 0.2) is 38.8 Å². The minimum Gasteiger partial charge on any atom is -0.304 e. The highest BCUT2D eigenvalue weighted by molar-refractivity contribution is 6.35. The van der Waals surface area contributed by atoms with E-state index in [1.165, 1.54) is 0 Å². The molecule has 7 nitrogen and oxygen atoms in total. The molecule has 0 aromatic heterocycles. The van der Waals surface area contributed by atoms with Crippen LogP contribution in [0.25, 0.3) is 0 Å². The Kier molecular flexibility index (Phi) is 6.37. The molecular formula is C10H12ClN5O2. The van der Waals surface area contributed by atoms with Crippen molar-refractivity contribution in [3.8, 4) is 0 Å². The molecule has 1 rings (SSSR count). The molecule has 0 fully saturated rings. The highest BCUT2D eigenvalue weighted by Gasteiger charge is 2.11. The average molecular weight is 270 g/mol. The van der Waals surface area contributed by atoms with E-state index >= 15 is 0 Å². The van der Waals surface area contributed by atoms with Crippen LogP contribution in [0.5, 0.6) is 0 Å². The number of amides is 2. The normalized spacial score (nSPS) is 10.6. The number of benzene rings is 1. The Labute approximate surface area is 110 Å². The maximum Gasteiger partial charge on any atom is 0.358 e. The van der Waals surface area contributed by atoms with Gasteiger partial charge in [-0.15, -0.1) is 22.6 Å². The Hall–Kier alpha value is -2.15. The summed E-state index contributed by atoms with van der Waals surface area (Å²) in [5.74, 6) is 2.36. The van der Waals surface area contributed by atoms with Crippen molar-refractivity contribution in [1.82, 2.24) is 0 Å². The van der Waals surface area contributed by atoms with E-state index in [-0.39, 0.29) is 12.4 Å². The van der Waals surface area contributed by atoms with Crippen molar-refractivity contribution in [1.29, 1.82) is 0 Å². The van der Waals surface area contributed by atoms with Crippen LogP contribution in [-0.2, 0) is 9.59 Å². The molecule has 0 bridgehead atoms. The van der Waals surface area contributed by atoms with E-state index in [0.717, 1.165) is 11.1 Å². The molecule has 0 atom stereocenters. The molecule has 0 aliphatic carbocycles. The van der Waals surface area contributed by atoms with Crippen LogP contribution in [0.3, 0.4) is 0 Å². The number of carbonyl (C=O) groups is 2. The summed E-state index contributed by atoms with van der Waals surface area (Å²) in [4.78, 5) is 21.9. The van der Waals surface area contributed by atoms with Crippen LogP contribution in [0, 0.1) is 13.8 Å². The van der Waals surface area contributed by atoms with Crippen LogP contribution >= 0.6 is 12.4 Å². The van der Waals surface area contributed by atoms with Crippen LogP contribution in [0.1, 0.15) is 11.1 Å². The standard InChI is InChI=1S/C10H11N5O2.ClH/c1-6-3-4-8(5-7(6)2)12-13-9(16)10(17)14-15-11;/h3-5H,1-2H3,(H2,11,14,17);1H. The van der Waals surface area contributed by atoms with Gasteiger partial charge in [0.25, 0.3) is 0 Å². The second-order valence-corrected chi connectivity index (χ2v) is 3.29. The second kappa shape index (κ2) is 7.23. The molecule has 1 aromatic rings. The highest BCUT2D eigenvalue weighted by Crippen LogP contribution is 2.17. The zero-order valence-electron chi connectivity index (χ0n) is 9.82. The molecule has 18 heavy (non-hydrogen) atoms. The summed E-state index contributed by atoms with van der Waals surface area (Å²) >= 11 is 0. The number of hydrogen-bond donors (Lipinski definition) is 1. The van der Waals surface area contributed by atoms with Crippen molar-refractivity contribution in [2.24, 2.45) is 26.4 Å². The summed E-state index contributed by atoms with van der Waals surface area (Å²) in [5, 5.41) is 12.4. The third-order valence-electron chi connectivity index (χ3n) is 2.08. The van der Waals surface area contributed by atoms with Crippen molar-refractivity contribution in [3.05, 3.63) is 29.3 Å². The maximum absolute atomic E-state index is 11.0. The largest absolute Gasteiger partial charge is 0.358 e. The number of carbonyl (C=O) groups excluding carboxylic acids is 2. The molecule has 8 heteroatoms. The molecule has 0 heterocycles. The number of rotatable bonds is 1. The summed E-state index contributed by atoms with van der Waals surface area (Å²) in [6, 6.07) is 5.28. The van der Waals surface area contributed by atoms with Gasteiger partial charge < -0.3 is 5.84 Å². The summed E-state index contributed by atoms with van der Waals surface area (Å²) < 4.78 is 0. The average Bonchev–Trinajstić information content (AvgIpc) is 2.30. The number of halogens is 1. The van der Waals surface area contributed by atoms with Gasteiger partial charge in [-0.25, -0.2) is 0 Å². The molecule has 0 unspecified atom stereocenters. The number of azo groups is 1. The first kappa shape index (κ1) is 15.9. The van der Waals surface area contributed by atoms with Crippen molar-refractivity contribution >= 4 is 29.9 Å². The summed E-state index contributed by atoms with van der Waals surface area (Å²) in [6.07, 6.45) is 0. The summed E-state index contributed by atoms with van der Waals surface area (Å²) in [6.45, 7) is 3.86. The van der Waals surface area contributed by atoms with E-state index in [9.17, 15) is 9.59 Å². The van der Waals surface area contributed by atoms with E-state index in [1.54, 1.807) is 12.1 Å². The third-order valence-corrected chi connectivity index (χ3v) is 2.08. The zero-order valence-corrected chi connectivity index (χ0v) is 10.6. The fourth-order valence-corrected chi connectivity index (χ4v) is 1.03. The molecular weight excluding hydrogens is 258 g/mol. The lowest BCUT2D eigenvalue weighted by atomic mass is 10.1. The van der Waals surface area contributed by atoms with Crippen LogP contribution in [-0.4, -0.2) is 11.8 Å². The Morgan fingerprint density at radius 3 is 2.22 bits per heavy atom. The van der Waals surface area contributed by atoms with Gasteiger partial charge in [0.2, 0.25) is 0 Å². The first-order chi connectivity index (χ1) is 8.04. The smallest absolute Gasteiger partial charge is 0.304 e. The van der Waals surface area contributed by atoms with E-state index in [1.807, 2.05) is 19.9 Å². The van der Waals surface area contributed by atoms with Gasteiger partial charge in [0.1, 0.15) is 0 Å². The molecule has 0 radical (unpaired) electrons. The van der Waals surface area contributed by atoms with Gasteiger partial charge in [0, 0.05) is 0 Å². The molecule has 2 N–H and O–H groups in total. The number of aryl methyl sites for hydroxylation is 2. The van der Waals surface area contributed by atoms with Crippen LogP contribution in [0.2, 0.25) is 0 Å². The minimum atomic E-state index is -1.15. The predicted octanol–water partition coefficient (Wildman–Crippen LogP) is 2.19. The summed E-state index contributed by atoms with van der Waals surface area (Å²) in [5.41, 5.74) is 2.60. The molecule has 96 valence electrons. The van der Waals surface area contributed by atoms with Gasteiger partial charge in [0.05, 0.1) is 5.69 Å². The molecule has 0 aliphatic rings. The SMILES string of the molecule is Cc1ccc(N=NC(=O)C(=O)N=NN)cc1C.Cl. The maximum atomic E-state index is 11.0. The molecule has 2 amide bonds. The third kappa shape index (κ3) is 4.38. The van der Waals surface area contributed by atoms with E-state index in [4.69, 9.17) is 0 Å². The van der Waals surface area contributed by atoms with Crippen molar-refractivity contribution < 1.29 is 9.59 Å². The van der Waals surface area contributed by atoms with E-state index < -0.39 is 11.8 Å². The van der Waals surface area contributed by atoms with Crippen molar-refractivity contribution in [3.63, 3.8) is 0 Å². The summed E-state index contributed by atoms with van der Waals surface area (Å²) in [7, 11) is 0. The minimum absolute atomic E-state index is 0.